The van der Waals surface area contributed by atoms with Crippen LogP contribution in [0.3, 0.4) is 0 Å². The minimum absolute atomic E-state index is 0.124. The van der Waals surface area contributed by atoms with Crippen LogP contribution in [0, 0.1) is 10.1 Å². The van der Waals surface area contributed by atoms with E-state index in [9.17, 15) is 23.6 Å². The van der Waals surface area contributed by atoms with Gasteiger partial charge in [0.05, 0.1) is 4.92 Å². The quantitative estimate of drug-likeness (QED) is 0.513. The number of halogens is 1. The molecule has 0 heterocycles. The van der Waals surface area contributed by atoms with Crippen molar-refractivity contribution >= 4 is 31.5 Å². The smallest absolute Gasteiger partial charge is 0.269 e. The summed E-state index contributed by atoms with van der Waals surface area (Å²) in [4.78, 5) is 9.91. The van der Waals surface area contributed by atoms with Crippen molar-refractivity contribution in [1.82, 2.24) is 0 Å². The summed E-state index contributed by atoms with van der Waals surface area (Å²) in [6, 6.07) is 5.08. The Balaban J connectivity index is 3.12. The van der Waals surface area contributed by atoms with Crippen molar-refractivity contribution in [2.75, 3.05) is 6.26 Å². The number of hydrogen-bond donors (Lipinski definition) is 1. The zero-order valence-corrected chi connectivity index (χ0v) is 12.1. The van der Waals surface area contributed by atoms with Crippen molar-refractivity contribution in [2.45, 2.75) is 16.7 Å². The van der Waals surface area contributed by atoms with Crippen molar-refractivity contribution < 1.29 is 18.4 Å². The van der Waals surface area contributed by atoms with Gasteiger partial charge in [-0.05, 0) is 24.6 Å². The molecule has 1 aromatic carbocycles. The van der Waals surface area contributed by atoms with E-state index in [0.717, 1.165) is 6.26 Å². The van der Waals surface area contributed by atoms with E-state index in [-0.39, 0.29) is 11.3 Å². The highest BCUT2D eigenvalue weighted by Crippen LogP contribution is 2.38. The molecule has 2 atom stereocenters. The summed E-state index contributed by atoms with van der Waals surface area (Å²) in [7, 11) is -3.54. The fourth-order valence-corrected chi connectivity index (χ4v) is 2.08. The van der Waals surface area contributed by atoms with E-state index >= 15 is 0 Å². The van der Waals surface area contributed by atoms with E-state index < -0.39 is 24.5 Å². The molecule has 0 saturated heterocycles. The molecule has 0 spiro atoms. The second kappa shape index (κ2) is 4.94. The number of rotatable bonds is 4. The molecule has 0 saturated carbocycles. The summed E-state index contributed by atoms with van der Waals surface area (Å²) in [5.74, 6) is 0. The summed E-state index contributed by atoms with van der Waals surface area (Å²) in [6.45, 7) is 1.33. The normalized spacial score (nSPS) is 16.9. The number of alkyl halides is 1. The lowest BCUT2D eigenvalue weighted by Gasteiger charge is -2.26. The Labute approximate surface area is 113 Å². The Morgan fingerprint density at radius 3 is 2.17 bits per heavy atom. The molecular weight excluding hydrogens is 326 g/mol. The van der Waals surface area contributed by atoms with Gasteiger partial charge in [0.25, 0.3) is 5.69 Å². The number of aliphatic hydroxyl groups is 1. The molecule has 0 aliphatic rings. The van der Waals surface area contributed by atoms with E-state index in [1.807, 2.05) is 0 Å². The van der Waals surface area contributed by atoms with E-state index in [0.29, 0.717) is 0 Å². The van der Waals surface area contributed by atoms with Crippen LogP contribution in [0.1, 0.15) is 18.6 Å². The van der Waals surface area contributed by atoms with Gasteiger partial charge in [0, 0.05) is 18.4 Å². The van der Waals surface area contributed by atoms with Crippen LogP contribution in [0.15, 0.2) is 24.3 Å². The van der Waals surface area contributed by atoms with Gasteiger partial charge in [-0.3, -0.25) is 10.1 Å². The zero-order valence-electron chi connectivity index (χ0n) is 9.70. The van der Waals surface area contributed by atoms with E-state index in [1.165, 1.54) is 31.2 Å². The highest BCUT2D eigenvalue weighted by molar-refractivity contribution is 9.11. The fourth-order valence-electron chi connectivity index (χ4n) is 1.28. The van der Waals surface area contributed by atoms with Gasteiger partial charge in [-0.1, -0.05) is 15.9 Å². The standard InChI is InChI=1S/C10H12BrNO5S/c1-10(11,18(2,16)17)9(13)7-3-5-8(6-4-7)12(14)15/h3-6,9,13H,1-2H3/t9-,10-/m1/s1. The third kappa shape index (κ3) is 2.88. The summed E-state index contributed by atoms with van der Waals surface area (Å²) < 4.78 is 21.5. The molecule has 0 aliphatic carbocycles. The molecule has 1 N–H and O–H groups in total. The van der Waals surface area contributed by atoms with Crippen LogP contribution in [0.25, 0.3) is 0 Å². The first-order chi connectivity index (χ1) is 8.07. The van der Waals surface area contributed by atoms with Gasteiger partial charge in [0.15, 0.2) is 13.5 Å². The highest BCUT2D eigenvalue weighted by Gasteiger charge is 2.41. The molecule has 0 bridgehead atoms. The zero-order chi connectivity index (χ0) is 14.1. The molecule has 0 amide bonds. The van der Waals surface area contributed by atoms with Gasteiger partial charge in [0.1, 0.15) is 6.10 Å². The summed E-state index contributed by atoms with van der Waals surface area (Å²) >= 11 is 2.98. The lowest BCUT2D eigenvalue weighted by atomic mass is 10.1. The van der Waals surface area contributed by atoms with Crippen LogP contribution in [0.2, 0.25) is 0 Å². The van der Waals surface area contributed by atoms with Gasteiger partial charge in [-0.2, -0.15) is 0 Å². The van der Waals surface area contributed by atoms with Crippen molar-refractivity contribution in [3.05, 3.63) is 39.9 Å². The van der Waals surface area contributed by atoms with Gasteiger partial charge in [-0.15, -0.1) is 0 Å². The number of benzene rings is 1. The van der Waals surface area contributed by atoms with Gasteiger partial charge in [-0.25, -0.2) is 8.42 Å². The average Bonchev–Trinajstić information content (AvgIpc) is 2.26. The summed E-state index contributed by atoms with van der Waals surface area (Å²) in [5.41, 5.74) is 0.159. The molecule has 18 heavy (non-hydrogen) atoms. The fraction of sp³-hybridized carbons (Fsp3) is 0.400. The Kier molecular flexibility index (Phi) is 4.14. The summed E-state index contributed by atoms with van der Waals surface area (Å²) in [5, 5.41) is 20.5. The van der Waals surface area contributed by atoms with Gasteiger partial charge in [0.2, 0.25) is 0 Å². The second-order valence-electron chi connectivity index (χ2n) is 4.01. The molecule has 0 unspecified atom stereocenters. The first-order valence-corrected chi connectivity index (χ1v) is 7.56. The number of aliphatic hydroxyl groups excluding tert-OH is 1. The molecule has 0 fully saturated rings. The maximum atomic E-state index is 11.5. The largest absolute Gasteiger partial charge is 0.386 e. The van der Waals surface area contributed by atoms with Crippen molar-refractivity contribution in [2.24, 2.45) is 0 Å². The van der Waals surface area contributed by atoms with Crippen LogP contribution in [0.5, 0.6) is 0 Å². The van der Waals surface area contributed by atoms with Crippen LogP contribution in [-0.2, 0) is 9.84 Å². The first kappa shape index (κ1) is 15.1. The Bertz CT molecular complexity index is 552. The van der Waals surface area contributed by atoms with E-state index in [4.69, 9.17) is 0 Å². The maximum Gasteiger partial charge on any atom is 0.269 e. The Hall–Kier alpha value is -0.990. The van der Waals surface area contributed by atoms with E-state index in [2.05, 4.69) is 15.9 Å². The van der Waals surface area contributed by atoms with Crippen molar-refractivity contribution in [3.8, 4) is 0 Å². The number of sulfone groups is 1. The van der Waals surface area contributed by atoms with Gasteiger partial charge < -0.3 is 5.11 Å². The number of nitrogens with zero attached hydrogens (tertiary/aromatic N) is 1. The average molecular weight is 338 g/mol. The molecule has 1 rings (SSSR count). The third-order valence-corrected chi connectivity index (χ3v) is 6.50. The van der Waals surface area contributed by atoms with Crippen LogP contribution >= 0.6 is 15.9 Å². The molecule has 0 aliphatic heterocycles. The number of non-ortho nitro benzene ring substituents is 1. The molecule has 8 heteroatoms. The minimum atomic E-state index is -3.54. The van der Waals surface area contributed by atoms with Crippen LogP contribution in [-0.4, -0.2) is 28.4 Å². The van der Waals surface area contributed by atoms with Gasteiger partial charge >= 0.3 is 0 Å². The topological polar surface area (TPSA) is 97.5 Å². The molecule has 0 radical (unpaired) electrons. The molecule has 6 nitrogen and oxygen atoms in total. The lowest BCUT2D eigenvalue weighted by molar-refractivity contribution is -0.384. The Morgan fingerprint density at radius 2 is 1.83 bits per heavy atom. The number of nitro groups is 1. The third-order valence-electron chi connectivity index (χ3n) is 2.63. The maximum absolute atomic E-state index is 11.5. The van der Waals surface area contributed by atoms with Crippen molar-refractivity contribution in [3.63, 3.8) is 0 Å². The summed E-state index contributed by atoms with van der Waals surface area (Å²) in [6.07, 6.45) is -0.329. The number of nitro benzene ring substituents is 1. The monoisotopic (exact) mass is 337 g/mol. The van der Waals surface area contributed by atoms with Crippen LogP contribution < -0.4 is 0 Å². The SMILES string of the molecule is C[C@](Br)([C@H](O)c1ccc([N+](=O)[O-])cc1)S(C)(=O)=O. The Morgan fingerprint density at radius 1 is 1.39 bits per heavy atom. The highest BCUT2D eigenvalue weighted by atomic mass is 79.9. The molecule has 1 aromatic rings. The molecule has 100 valence electrons. The predicted molar refractivity (Wildman–Crippen MR) is 70.2 cm³/mol. The number of hydrogen-bond acceptors (Lipinski definition) is 5. The lowest BCUT2D eigenvalue weighted by Crippen LogP contribution is -2.34. The molecule has 0 aromatic heterocycles. The molecular formula is C10H12BrNO5S. The second-order valence-corrected chi connectivity index (χ2v) is 8.57. The van der Waals surface area contributed by atoms with Crippen LogP contribution in [0.4, 0.5) is 5.69 Å². The van der Waals surface area contributed by atoms with Crippen molar-refractivity contribution in [1.29, 1.82) is 0 Å². The van der Waals surface area contributed by atoms with E-state index in [1.54, 1.807) is 0 Å². The predicted octanol–water partition coefficient (Wildman–Crippen LogP) is 1.78. The first-order valence-electron chi connectivity index (χ1n) is 4.88. The minimum Gasteiger partial charge on any atom is -0.386 e.